The first-order valence-electron chi connectivity index (χ1n) is 6.26. The number of hydrogen-bond donors (Lipinski definition) is 2. The van der Waals surface area contributed by atoms with E-state index in [0.29, 0.717) is 13.0 Å². The number of likely N-dealkylation sites (N-methyl/N-ethyl adjacent to an activating group) is 1. The lowest BCUT2D eigenvalue weighted by molar-refractivity contribution is -0.136. The molecule has 1 unspecified atom stereocenters. The Hall–Kier alpha value is -1.10. The van der Waals surface area contributed by atoms with Crippen molar-refractivity contribution in [3.63, 3.8) is 0 Å². The van der Waals surface area contributed by atoms with E-state index in [1.165, 1.54) is 0 Å². The van der Waals surface area contributed by atoms with Crippen LogP contribution in [0.2, 0.25) is 0 Å². The van der Waals surface area contributed by atoms with Crippen molar-refractivity contribution in [2.75, 3.05) is 26.7 Å². The number of carbonyl (C=O) groups excluding carboxylic acids is 2. The Labute approximate surface area is 104 Å². The molecule has 2 N–H and O–H groups in total. The van der Waals surface area contributed by atoms with Gasteiger partial charge in [-0.25, -0.2) is 0 Å². The molecule has 0 saturated carbocycles. The van der Waals surface area contributed by atoms with Gasteiger partial charge in [0.2, 0.25) is 11.8 Å². The highest BCUT2D eigenvalue weighted by molar-refractivity contribution is 5.84. The molecule has 0 saturated heterocycles. The maximum Gasteiger partial charge on any atom is 0.239 e. The zero-order chi connectivity index (χ0) is 13.3. The van der Waals surface area contributed by atoms with Gasteiger partial charge in [-0.1, -0.05) is 13.8 Å². The van der Waals surface area contributed by atoms with Crippen molar-refractivity contribution in [1.82, 2.24) is 15.5 Å². The van der Waals surface area contributed by atoms with Crippen LogP contribution >= 0.6 is 0 Å². The average molecular weight is 243 g/mol. The van der Waals surface area contributed by atoms with Gasteiger partial charge >= 0.3 is 0 Å². The summed E-state index contributed by atoms with van der Waals surface area (Å²) in [6.07, 6.45) is 1.29. The number of hydrogen-bond acceptors (Lipinski definition) is 3. The van der Waals surface area contributed by atoms with Crippen LogP contribution in [0.4, 0.5) is 0 Å². The summed E-state index contributed by atoms with van der Waals surface area (Å²) in [5, 5.41) is 5.73. The zero-order valence-corrected chi connectivity index (χ0v) is 11.4. The van der Waals surface area contributed by atoms with Gasteiger partial charge in [-0.2, -0.15) is 0 Å². The van der Waals surface area contributed by atoms with Crippen LogP contribution in [0.15, 0.2) is 0 Å². The smallest absolute Gasteiger partial charge is 0.239 e. The first-order chi connectivity index (χ1) is 8.04. The predicted octanol–water partition coefficient (Wildman–Crippen LogP) is 0.359. The molecule has 0 aromatic heterocycles. The summed E-state index contributed by atoms with van der Waals surface area (Å²) in [5.74, 6) is -0.0909. The van der Waals surface area contributed by atoms with E-state index in [1.807, 2.05) is 20.8 Å². The molecular weight excluding hydrogens is 218 g/mol. The van der Waals surface area contributed by atoms with Gasteiger partial charge in [0.05, 0.1) is 6.54 Å². The molecule has 0 rings (SSSR count). The Balaban J connectivity index is 4.27. The fraction of sp³-hybridized carbons (Fsp3) is 0.833. The quantitative estimate of drug-likeness (QED) is 0.647. The minimum absolute atomic E-state index is 0.0314. The SMILES string of the molecule is CCCN(CC(=O)NC)C(=O)CC(C)NCC. The summed E-state index contributed by atoms with van der Waals surface area (Å²) >= 11 is 0. The van der Waals surface area contributed by atoms with Crippen molar-refractivity contribution in [2.24, 2.45) is 0 Å². The van der Waals surface area contributed by atoms with Crippen molar-refractivity contribution < 1.29 is 9.59 Å². The Bertz CT molecular complexity index is 244. The lowest BCUT2D eigenvalue weighted by Crippen LogP contribution is -2.42. The Morgan fingerprint density at radius 2 is 1.94 bits per heavy atom. The summed E-state index contributed by atoms with van der Waals surface area (Å²) in [7, 11) is 1.58. The van der Waals surface area contributed by atoms with E-state index in [1.54, 1.807) is 11.9 Å². The molecule has 1 atom stereocenters. The van der Waals surface area contributed by atoms with Crippen molar-refractivity contribution >= 4 is 11.8 Å². The maximum atomic E-state index is 12.0. The average Bonchev–Trinajstić information content (AvgIpc) is 2.28. The van der Waals surface area contributed by atoms with Gasteiger partial charge in [0.15, 0.2) is 0 Å². The fourth-order valence-electron chi connectivity index (χ4n) is 1.63. The highest BCUT2D eigenvalue weighted by atomic mass is 16.2. The van der Waals surface area contributed by atoms with Crippen molar-refractivity contribution in [3.05, 3.63) is 0 Å². The van der Waals surface area contributed by atoms with Crippen LogP contribution in [0.1, 0.15) is 33.6 Å². The first-order valence-corrected chi connectivity index (χ1v) is 6.26. The summed E-state index contributed by atoms with van der Waals surface area (Å²) in [5.41, 5.74) is 0. The topological polar surface area (TPSA) is 61.4 Å². The lowest BCUT2D eigenvalue weighted by atomic mass is 10.2. The van der Waals surface area contributed by atoms with Gasteiger partial charge in [0.1, 0.15) is 0 Å². The molecule has 5 heteroatoms. The molecule has 0 aromatic rings. The number of carbonyl (C=O) groups is 2. The number of rotatable bonds is 8. The van der Waals surface area contributed by atoms with E-state index in [2.05, 4.69) is 10.6 Å². The first kappa shape index (κ1) is 15.9. The lowest BCUT2D eigenvalue weighted by Gasteiger charge is -2.23. The third-order valence-electron chi connectivity index (χ3n) is 2.49. The van der Waals surface area contributed by atoms with Crippen LogP contribution in [-0.2, 0) is 9.59 Å². The standard InChI is InChI=1S/C12H25N3O2/c1-5-7-15(9-11(16)13-4)12(17)8-10(3)14-6-2/h10,14H,5-9H2,1-4H3,(H,13,16). The van der Waals surface area contributed by atoms with Crippen LogP contribution in [0, 0.1) is 0 Å². The highest BCUT2D eigenvalue weighted by Crippen LogP contribution is 2.00. The Morgan fingerprint density at radius 3 is 2.41 bits per heavy atom. The van der Waals surface area contributed by atoms with Gasteiger partial charge in [-0.15, -0.1) is 0 Å². The normalized spacial score (nSPS) is 12.0. The van der Waals surface area contributed by atoms with E-state index in [-0.39, 0.29) is 24.4 Å². The molecule has 0 radical (unpaired) electrons. The summed E-state index contributed by atoms with van der Waals surface area (Å²) < 4.78 is 0. The number of nitrogens with one attached hydrogen (secondary N) is 2. The summed E-state index contributed by atoms with van der Waals surface area (Å²) in [6, 6.07) is 0.150. The molecule has 0 bridgehead atoms. The molecule has 2 amide bonds. The van der Waals surface area contributed by atoms with Crippen molar-refractivity contribution in [3.8, 4) is 0 Å². The minimum atomic E-state index is -0.122. The molecule has 100 valence electrons. The fourth-order valence-corrected chi connectivity index (χ4v) is 1.63. The van der Waals surface area contributed by atoms with Crippen LogP contribution in [0.3, 0.4) is 0 Å². The van der Waals surface area contributed by atoms with Crippen LogP contribution in [0.25, 0.3) is 0 Å². The Morgan fingerprint density at radius 1 is 1.29 bits per heavy atom. The predicted molar refractivity (Wildman–Crippen MR) is 68.7 cm³/mol. The molecule has 0 aromatic carbocycles. The minimum Gasteiger partial charge on any atom is -0.358 e. The van der Waals surface area contributed by atoms with E-state index in [4.69, 9.17) is 0 Å². The summed E-state index contributed by atoms with van der Waals surface area (Å²) in [4.78, 5) is 24.9. The molecule has 0 aliphatic rings. The highest BCUT2D eigenvalue weighted by Gasteiger charge is 2.17. The Kier molecular flexibility index (Phi) is 8.40. The van der Waals surface area contributed by atoms with E-state index in [0.717, 1.165) is 13.0 Å². The number of nitrogens with zero attached hydrogens (tertiary/aromatic N) is 1. The van der Waals surface area contributed by atoms with Crippen LogP contribution in [0.5, 0.6) is 0 Å². The monoisotopic (exact) mass is 243 g/mol. The molecule has 0 fully saturated rings. The zero-order valence-electron chi connectivity index (χ0n) is 11.4. The van der Waals surface area contributed by atoms with Crippen LogP contribution in [-0.4, -0.2) is 49.4 Å². The second-order valence-corrected chi connectivity index (χ2v) is 4.15. The second-order valence-electron chi connectivity index (χ2n) is 4.15. The molecule has 5 nitrogen and oxygen atoms in total. The van der Waals surface area contributed by atoms with Crippen LogP contribution < -0.4 is 10.6 Å². The molecule has 0 aliphatic heterocycles. The molecular formula is C12H25N3O2. The largest absolute Gasteiger partial charge is 0.358 e. The summed E-state index contributed by atoms with van der Waals surface area (Å²) in [6.45, 7) is 7.61. The molecule has 0 aliphatic carbocycles. The van der Waals surface area contributed by atoms with Gasteiger partial charge in [-0.05, 0) is 19.9 Å². The number of amides is 2. The van der Waals surface area contributed by atoms with Gasteiger partial charge < -0.3 is 15.5 Å². The van der Waals surface area contributed by atoms with Gasteiger partial charge in [-0.3, -0.25) is 9.59 Å². The van der Waals surface area contributed by atoms with Gasteiger partial charge in [0, 0.05) is 26.1 Å². The van der Waals surface area contributed by atoms with Crippen molar-refractivity contribution in [1.29, 1.82) is 0 Å². The van der Waals surface area contributed by atoms with E-state index < -0.39 is 0 Å². The molecule has 0 heterocycles. The third kappa shape index (κ3) is 6.94. The van der Waals surface area contributed by atoms with E-state index in [9.17, 15) is 9.59 Å². The maximum absolute atomic E-state index is 12.0. The van der Waals surface area contributed by atoms with Gasteiger partial charge in [0.25, 0.3) is 0 Å². The third-order valence-corrected chi connectivity index (χ3v) is 2.49. The molecule has 0 spiro atoms. The van der Waals surface area contributed by atoms with E-state index >= 15 is 0 Å². The second kappa shape index (κ2) is 8.98. The van der Waals surface area contributed by atoms with Crippen molar-refractivity contribution in [2.45, 2.75) is 39.7 Å². The molecule has 17 heavy (non-hydrogen) atoms.